The maximum atomic E-state index is 12.3. The highest BCUT2D eigenvalue weighted by Crippen LogP contribution is 2.35. The molecule has 0 unspecified atom stereocenters. The summed E-state index contributed by atoms with van der Waals surface area (Å²) in [5, 5.41) is 0.175. The van der Waals surface area contributed by atoms with Crippen LogP contribution in [0.4, 0.5) is 13.2 Å². The van der Waals surface area contributed by atoms with Crippen LogP contribution in [0, 0.1) is 0 Å². The van der Waals surface area contributed by atoms with Crippen LogP contribution in [0.5, 0.6) is 5.75 Å². The first-order valence-corrected chi connectivity index (χ1v) is 5.79. The number of aromatic nitrogens is 1. The molecule has 0 fully saturated rings. The number of halogens is 5. The van der Waals surface area contributed by atoms with Crippen LogP contribution in [-0.2, 0) is 0 Å². The van der Waals surface area contributed by atoms with Crippen LogP contribution in [0.15, 0.2) is 36.4 Å². The van der Waals surface area contributed by atoms with Gasteiger partial charge in [0.1, 0.15) is 16.1 Å². The Labute approximate surface area is 116 Å². The Kier molecular flexibility index (Phi) is 3.87. The van der Waals surface area contributed by atoms with Crippen molar-refractivity contribution in [1.82, 2.24) is 4.98 Å². The second-order valence-corrected chi connectivity index (χ2v) is 4.32. The van der Waals surface area contributed by atoms with Crippen LogP contribution in [0.3, 0.4) is 0 Å². The first-order valence-electron chi connectivity index (χ1n) is 5.03. The Bertz CT molecular complexity index is 582. The second kappa shape index (κ2) is 5.27. The molecule has 19 heavy (non-hydrogen) atoms. The van der Waals surface area contributed by atoms with E-state index in [2.05, 4.69) is 9.72 Å². The second-order valence-electron chi connectivity index (χ2n) is 3.55. The van der Waals surface area contributed by atoms with Gasteiger partial charge in [-0.05, 0) is 23.8 Å². The van der Waals surface area contributed by atoms with Gasteiger partial charge in [0.2, 0.25) is 0 Å². The van der Waals surface area contributed by atoms with E-state index in [-0.39, 0.29) is 21.6 Å². The Morgan fingerprint density at radius 1 is 1.00 bits per heavy atom. The van der Waals surface area contributed by atoms with Crippen LogP contribution in [-0.4, -0.2) is 11.3 Å². The van der Waals surface area contributed by atoms with Crippen molar-refractivity contribution in [3.8, 4) is 16.9 Å². The van der Waals surface area contributed by atoms with Crippen LogP contribution in [0.25, 0.3) is 11.1 Å². The van der Waals surface area contributed by atoms with Gasteiger partial charge in [-0.3, -0.25) is 0 Å². The monoisotopic (exact) mass is 307 g/mol. The third-order valence-electron chi connectivity index (χ3n) is 2.19. The number of alkyl halides is 3. The van der Waals surface area contributed by atoms with Gasteiger partial charge in [-0.25, -0.2) is 4.98 Å². The van der Waals surface area contributed by atoms with Gasteiger partial charge in [0.05, 0.1) is 0 Å². The minimum atomic E-state index is -4.77. The number of benzene rings is 1. The zero-order chi connectivity index (χ0) is 14.0. The molecular weight excluding hydrogens is 302 g/mol. The zero-order valence-corrected chi connectivity index (χ0v) is 10.7. The summed E-state index contributed by atoms with van der Waals surface area (Å²) >= 11 is 11.5. The smallest absolute Gasteiger partial charge is 0.405 e. The fourth-order valence-corrected chi connectivity index (χ4v) is 2.00. The highest BCUT2D eigenvalue weighted by molar-refractivity contribution is 6.32. The van der Waals surface area contributed by atoms with Gasteiger partial charge in [0.25, 0.3) is 0 Å². The zero-order valence-electron chi connectivity index (χ0n) is 9.21. The van der Waals surface area contributed by atoms with Gasteiger partial charge in [0, 0.05) is 5.56 Å². The number of para-hydroxylation sites is 1. The van der Waals surface area contributed by atoms with Crippen LogP contribution >= 0.6 is 23.2 Å². The van der Waals surface area contributed by atoms with Crippen molar-refractivity contribution < 1.29 is 17.9 Å². The van der Waals surface area contributed by atoms with Gasteiger partial charge < -0.3 is 4.74 Å². The lowest BCUT2D eigenvalue weighted by Gasteiger charge is -2.13. The molecule has 1 aromatic heterocycles. The quantitative estimate of drug-likeness (QED) is 0.732. The van der Waals surface area contributed by atoms with Crippen molar-refractivity contribution in [2.75, 3.05) is 0 Å². The van der Waals surface area contributed by atoms with E-state index in [0.29, 0.717) is 5.56 Å². The molecule has 2 rings (SSSR count). The predicted molar refractivity (Wildman–Crippen MR) is 66.4 cm³/mol. The van der Waals surface area contributed by atoms with E-state index in [1.165, 1.54) is 30.3 Å². The number of hydrogen-bond donors (Lipinski definition) is 0. The summed E-state index contributed by atoms with van der Waals surface area (Å²) in [6, 6.07) is 8.53. The van der Waals surface area contributed by atoms with Crippen molar-refractivity contribution in [2.45, 2.75) is 6.36 Å². The van der Waals surface area contributed by atoms with E-state index in [0.717, 1.165) is 0 Å². The number of ether oxygens (including phenoxy) is 1. The summed E-state index contributed by atoms with van der Waals surface area (Å²) in [6.07, 6.45) is -4.77. The third-order valence-corrected chi connectivity index (χ3v) is 2.57. The molecule has 0 saturated heterocycles. The normalized spacial score (nSPS) is 11.4. The van der Waals surface area contributed by atoms with Crippen molar-refractivity contribution >= 4 is 23.2 Å². The third kappa shape index (κ3) is 3.75. The van der Waals surface area contributed by atoms with E-state index >= 15 is 0 Å². The number of hydrogen-bond acceptors (Lipinski definition) is 2. The molecule has 7 heteroatoms. The van der Waals surface area contributed by atoms with E-state index < -0.39 is 6.36 Å². The van der Waals surface area contributed by atoms with Crippen LogP contribution in [0.1, 0.15) is 0 Å². The molecule has 0 aliphatic rings. The first-order chi connectivity index (χ1) is 8.85. The van der Waals surface area contributed by atoms with Gasteiger partial charge in [-0.1, -0.05) is 41.4 Å². The maximum absolute atomic E-state index is 12.3. The molecule has 0 radical (unpaired) electrons. The first kappa shape index (κ1) is 14.0. The SMILES string of the molecule is FC(F)(F)Oc1ccccc1-c1cc(Cl)nc(Cl)c1. The average Bonchev–Trinajstić information content (AvgIpc) is 2.26. The lowest BCUT2D eigenvalue weighted by Crippen LogP contribution is -2.17. The number of rotatable bonds is 2. The lowest BCUT2D eigenvalue weighted by atomic mass is 10.1. The highest BCUT2D eigenvalue weighted by Gasteiger charge is 2.32. The Morgan fingerprint density at radius 3 is 2.16 bits per heavy atom. The Balaban J connectivity index is 2.50. The molecule has 0 spiro atoms. The van der Waals surface area contributed by atoms with Gasteiger partial charge in [-0.2, -0.15) is 0 Å². The number of nitrogens with zero attached hydrogens (tertiary/aromatic N) is 1. The van der Waals surface area contributed by atoms with E-state index in [1.807, 2.05) is 0 Å². The van der Waals surface area contributed by atoms with Crippen LogP contribution < -0.4 is 4.74 Å². The van der Waals surface area contributed by atoms with Crippen molar-refractivity contribution in [1.29, 1.82) is 0 Å². The molecule has 0 bridgehead atoms. The molecule has 1 aromatic carbocycles. The molecular formula is C12H6Cl2F3NO. The van der Waals surface area contributed by atoms with Gasteiger partial charge in [-0.15, -0.1) is 13.2 Å². The fourth-order valence-electron chi connectivity index (χ4n) is 1.54. The van der Waals surface area contributed by atoms with Crippen molar-refractivity contribution in [3.63, 3.8) is 0 Å². The molecule has 100 valence electrons. The number of pyridine rings is 1. The predicted octanol–water partition coefficient (Wildman–Crippen LogP) is 4.95. The molecule has 0 atom stereocenters. The fraction of sp³-hybridized carbons (Fsp3) is 0.0833. The van der Waals surface area contributed by atoms with Crippen molar-refractivity contribution in [3.05, 3.63) is 46.7 Å². The van der Waals surface area contributed by atoms with Crippen LogP contribution in [0.2, 0.25) is 10.3 Å². The summed E-state index contributed by atoms with van der Waals surface area (Å²) in [6.45, 7) is 0. The molecule has 0 N–H and O–H groups in total. The molecule has 0 amide bonds. The van der Waals surface area contributed by atoms with E-state index in [1.54, 1.807) is 6.07 Å². The molecule has 1 heterocycles. The Morgan fingerprint density at radius 2 is 1.58 bits per heavy atom. The highest BCUT2D eigenvalue weighted by atomic mass is 35.5. The van der Waals surface area contributed by atoms with Crippen molar-refractivity contribution in [2.24, 2.45) is 0 Å². The van der Waals surface area contributed by atoms with Gasteiger partial charge in [0.15, 0.2) is 0 Å². The van der Waals surface area contributed by atoms with E-state index in [9.17, 15) is 13.2 Å². The average molecular weight is 308 g/mol. The van der Waals surface area contributed by atoms with E-state index in [4.69, 9.17) is 23.2 Å². The summed E-state index contributed by atoms with van der Waals surface area (Å²) in [4.78, 5) is 3.73. The minimum Gasteiger partial charge on any atom is -0.405 e. The standard InChI is InChI=1S/C12H6Cl2F3NO/c13-10-5-7(6-11(14)18-10)8-3-1-2-4-9(8)19-12(15,16)17/h1-6H. The summed E-state index contributed by atoms with van der Waals surface area (Å²) in [5.41, 5.74) is 0.621. The summed E-state index contributed by atoms with van der Waals surface area (Å²) in [5.74, 6) is -0.326. The molecule has 2 aromatic rings. The minimum absolute atomic E-state index is 0.0873. The topological polar surface area (TPSA) is 22.1 Å². The Hall–Kier alpha value is -1.46. The largest absolute Gasteiger partial charge is 0.573 e. The lowest BCUT2D eigenvalue weighted by molar-refractivity contribution is -0.274. The molecule has 0 aliphatic carbocycles. The maximum Gasteiger partial charge on any atom is 0.573 e. The molecule has 0 aliphatic heterocycles. The molecule has 0 saturated carbocycles. The summed E-state index contributed by atoms with van der Waals surface area (Å²) in [7, 11) is 0. The summed E-state index contributed by atoms with van der Waals surface area (Å²) < 4.78 is 40.9. The van der Waals surface area contributed by atoms with Gasteiger partial charge >= 0.3 is 6.36 Å². The molecule has 2 nitrogen and oxygen atoms in total.